The molecule has 3 fully saturated rings. The standard InChI is InChI=1S/C30H38N6O7/c1-3-4-14-43-30(42)35-12-10-34(11-13-35)28(39)25(18(2)37)33-27(38)22-15-23(32-26(31-22)19-8-6-5-7-9-19)36-16-20-21(17-36)24(20)29(40)41/h5-9,15,18,20-21,24-25,37H,3-4,10-14,16-17H2,1-2H3,(H,33,38)(H,40,41)/t18-,20-,21+,24-,25+/m1/s1. The topological polar surface area (TPSA) is 165 Å². The number of hydrogen-bond donors (Lipinski definition) is 3. The Morgan fingerprint density at radius 3 is 2.28 bits per heavy atom. The van der Waals surface area contributed by atoms with Crippen LogP contribution in [0.5, 0.6) is 0 Å². The molecule has 5 atom stereocenters. The van der Waals surface area contributed by atoms with E-state index < -0.39 is 36.0 Å². The van der Waals surface area contributed by atoms with Crippen molar-refractivity contribution in [3.63, 3.8) is 0 Å². The van der Waals surface area contributed by atoms with E-state index in [1.165, 1.54) is 17.9 Å². The molecular weight excluding hydrogens is 556 g/mol. The zero-order valence-electron chi connectivity index (χ0n) is 24.4. The van der Waals surface area contributed by atoms with Gasteiger partial charge in [-0.1, -0.05) is 43.7 Å². The summed E-state index contributed by atoms with van der Waals surface area (Å²) in [6, 6.07) is 9.48. The van der Waals surface area contributed by atoms with E-state index in [0.29, 0.717) is 36.9 Å². The lowest BCUT2D eigenvalue weighted by Crippen LogP contribution is -2.58. The number of carboxylic acids is 1. The fourth-order valence-corrected chi connectivity index (χ4v) is 5.81. The minimum atomic E-state index is -1.23. The number of aliphatic carboxylic acids is 1. The van der Waals surface area contributed by atoms with Crippen LogP contribution in [0.25, 0.3) is 11.4 Å². The van der Waals surface area contributed by atoms with Crippen molar-refractivity contribution in [3.05, 3.63) is 42.1 Å². The van der Waals surface area contributed by atoms with E-state index in [0.717, 1.165) is 12.8 Å². The van der Waals surface area contributed by atoms with Gasteiger partial charge in [0.05, 0.1) is 18.6 Å². The Labute approximate surface area is 249 Å². The summed E-state index contributed by atoms with van der Waals surface area (Å²) < 4.78 is 5.26. The Bertz CT molecular complexity index is 1340. The van der Waals surface area contributed by atoms with Crippen LogP contribution < -0.4 is 10.2 Å². The fourth-order valence-electron chi connectivity index (χ4n) is 5.81. The summed E-state index contributed by atoms with van der Waals surface area (Å²) in [6.45, 7) is 5.87. The number of fused-ring (bicyclic) bond motifs is 1. The molecule has 2 aromatic rings. The number of piperidine rings is 1. The van der Waals surface area contributed by atoms with Gasteiger partial charge in [0.1, 0.15) is 17.6 Å². The van der Waals surface area contributed by atoms with Crippen molar-refractivity contribution in [2.75, 3.05) is 50.8 Å². The second-order valence-corrected chi connectivity index (χ2v) is 11.4. The largest absolute Gasteiger partial charge is 0.481 e. The van der Waals surface area contributed by atoms with Crippen molar-refractivity contribution in [1.82, 2.24) is 25.1 Å². The number of aromatic nitrogens is 2. The third-order valence-electron chi connectivity index (χ3n) is 8.39. The van der Waals surface area contributed by atoms with E-state index in [9.17, 15) is 29.4 Å². The summed E-state index contributed by atoms with van der Waals surface area (Å²) in [6.07, 6.45) is 0.0916. The quantitative estimate of drug-likeness (QED) is 0.343. The predicted octanol–water partition coefficient (Wildman–Crippen LogP) is 1.47. The fraction of sp³-hybridized carbons (Fsp3) is 0.533. The lowest BCUT2D eigenvalue weighted by atomic mass is 10.1. The average molecular weight is 595 g/mol. The summed E-state index contributed by atoms with van der Waals surface area (Å²) in [5, 5.41) is 22.6. The number of benzene rings is 1. The summed E-state index contributed by atoms with van der Waals surface area (Å²) in [7, 11) is 0. The van der Waals surface area contributed by atoms with Crippen LogP contribution in [0, 0.1) is 17.8 Å². The maximum absolute atomic E-state index is 13.5. The number of aliphatic hydroxyl groups excluding tert-OH is 1. The number of carboxylic acid groups (broad SMARTS) is 1. The van der Waals surface area contributed by atoms with Crippen molar-refractivity contribution in [2.24, 2.45) is 17.8 Å². The summed E-state index contributed by atoms with van der Waals surface area (Å²) in [5.41, 5.74) is 0.720. The molecule has 5 rings (SSSR count). The third kappa shape index (κ3) is 6.71. The molecule has 3 amide bonds. The van der Waals surface area contributed by atoms with Gasteiger partial charge in [-0.15, -0.1) is 0 Å². The number of aliphatic hydroxyl groups is 1. The van der Waals surface area contributed by atoms with E-state index in [4.69, 9.17) is 4.74 Å². The van der Waals surface area contributed by atoms with Gasteiger partial charge in [-0.3, -0.25) is 14.4 Å². The van der Waals surface area contributed by atoms with Gasteiger partial charge < -0.3 is 35.0 Å². The van der Waals surface area contributed by atoms with E-state index in [1.54, 1.807) is 4.90 Å². The molecule has 1 aliphatic carbocycles. The number of unbranched alkanes of at least 4 members (excludes halogenated alkanes) is 1. The summed E-state index contributed by atoms with van der Waals surface area (Å²) in [4.78, 5) is 64.9. The van der Waals surface area contributed by atoms with Crippen LogP contribution in [0.3, 0.4) is 0 Å². The minimum Gasteiger partial charge on any atom is -0.481 e. The monoisotopic (exact) mass is 594 g/mol. The van der Waals surface area contributed by atoms with Gasteiger partial charge in [0.2, 0.25) is 5.91 Å². The SMILES string of the molecule is CCCCOC(=O)N1CCN(C(=O)[C@@H](NC(=O)c2cc(N3C[C@@H]4[C@H](C3)[C@@H]4C(=O)O)nc(-c3ccccc3)n2)[C@@H](C)O)CC1. The van der Waals surface area contributed by atoms with Crippen LogP contribution in [0.4, 0.5) is 10.6 Å². The molecule has 1 aromatic heterocycles. The molecule has 13 nitrogen and oxygen atoms in total. The van der Waals surface area contributed by atoms with Gasteiger partial charge in [-0.2, -0.15) is 0 Å². The summed E-state index contributed by atoms with van der Waals surface area (Å²) in [5.74, 6) is -1.34. The number of rotatable bonds is 10. The molecule has 1 aromatic carbocycles. The first-order chi connectivity index (χ1) is 20.7. The molecule has 3 heterocycles. The van der Waals surface area contributed by atoms with Crippen molar-refractivity contribution in [3.8, 4) is 11.4 Å². The first-order valence-corrected chi connectivity index (χ1v) is 14.8. The van der Waals surface area contributed by atoms with E-state index in [-0.39, 0.29) is 49.6 Å². The van der Waals surface area contributed by atoms with Gasteiger partial charge >= 0.3 is 12.1 Å². The van der Waals surface area contributed by atoms with Crippen LogP contribution in [0.1, 0.15) is 37.2 Å². The van der Waals surface area contributed by atoms with Gasteiger partial charge in [0.15, 0.2) is 5.82 Å². The second kappa shape index (κ2) is 12.9. The van der Waals surface area contributed by atoms with Gasteiger partial charge in [0, 0.05) is 50.9 Å². The first-order valence-electron chi connectivity index (χ1n) is 14.8. The number of carbonyl (C=O) groups is 4. The van der Waals surface area contributed by atoms with Crippen molar-refractivity contribution in [2.45, 2.75) is 38.8 Å². The molecule has 2 aliphatic heterocycles. The summed E-state index contributed by atoms with van der Waals surface area (Å²) >= 11 is 0. The number of hydrogen-bond acceptors (Lipinski definition) is 9. The molecule has 0 spiro atoms. The van der Waals surface area contributed by atoms with Gasteiger partial charge in [0.25, 0.3) is 5.91 Å². The molecule has 0 bridgehead atoms. The number of amides is 3. The smallest absolute Gasteiger partial charge is 0.409 e. The highest BCUT2D eigenvalue weighted by Crippen LogP contribution is 2.52. The normalized spacial score (nSPS) is 22.4. The van der Waals surface area contributed by atoms with Crippen LogP contribution in [-0.2, 0) is 14.3 Å². The van der Waals surface area contributed by atoms with Crippen molar-refractivity contribution >= 4 is 29.7 Å². The highest BCUT2D eigenvalue weighted by Gasteiger charge is 2.60. The number of nitrogens with zero attached hydrogens (tertiary/aromatic N) is 5. The molecule has 0 radical (unpaired) electrons. The highest BCUT2D eigenvalue weighted by molar-refractivity contribution is 5.97. The zero-order valence-corrected chi connectivity index (χ0v) is 24.4. The van der Waals surface area contributed by atoms with Crippen LogP contribution in [0.2, 0.25) is 0 Å². The molecule has 2 saturated heterocycles. The van der Waals surface area contributed by atoms with Crippen LogP contribution >= 0.6 is 0 Å². The van der Waals surface area contributed by atoms with Crippen molar-refractivity contribution in [1.29, 1.82) is 0 Å². The Morgan fingerprint density at radius 2 is 1.67 bits per heavy atom. The van der Waals surface area contributed by atoms with Gasteiger partial charge in [-0.05, 0) is 25.2 Å². The van der Waals surface area contributed by atoms with Crippen molar-refractivity contribution < 1.29 is 34.1 Å². The Hall–Kier alpha value is -4.26. The van der Waals surface area contributed by atoms with Crippen LogP contribution in [0.15, 0.2) is 36.4 Å². The lowest BCUT2D eigenvalue weighted by Gasteiger charge is -2.36. The Balaban J connectivity index is 1.28. The number of nitrogens with one attached hydrogen (secondary N) is 1. The third-order valence-corrected chi connectivity index (χ3v) is 8.39. The maximum Gasteiger partial charge on any atom is 0.409 e. The van der Waals surface area contributed by atoms with Crippen LogP contribution in [-0.4, -0.2) is 112 Å². The Morgan fingerprint density at radius 1 is 1.02 bits per heavy atom. The number of carbonyl (C=O) groups excluding carboxylic acids is 3. The molecule has 0 unspecified atom stereocenters. The first kappa shape index (κ1) is 30.2. The molecule has 43 heavy (non-hydrogen) atoms. The molecular formula is C30H38N6O7. The second-order valence-electron chi connectivity index (χ2n) is 11.4. The lowest BCUT2D eigenvalue weighted by molar-refractivity contribution is -0.139. The molecule has 3 N–H and O–H groups in total. The molecule has 230 valence electrons. The molecule has 3 aliphatic rings. The number of piperazine rings is 1. The minimum absolute atomic E-state index is 0.0253. The highest BCUT2D eigenvalue weighted by atomic mass is 16.6. The molecule has 1 saturated carbocycles. The predicted molar refractivity (Wildman–Crippen MR) is 155 cm³/mol. The Kier molecular flexibility index (Phi) is 9.09. The van der Waals surface area contributed by atoms with E-state index >= 15 is 0 Å². The van der Waals surface area contributed by atoms with E-state index in [2.05, 4.69) is 15.3 Å². The van der Waals surface area contributed by atoms with Gasteiger partial charge in [-0.25, -0.2) is 14.8 Å². The average Bonchev–Trinajstić information content (AvgIpc) is 3.53. The number of ether oxygens (including phenoxy) is 1. The maximum atomic E-state index is 13.5. The zero-order chi connectivity index (χ0) is 30.7. The number of anilines is 1. The van der Waals surface area contributed by atoms with E-state index in [1.807, 2.05) is 42.2 Å². The molecule has 13 heteroatoms.